The van der Waals surface area contributed by atoms with E-state index < -0.39 is 0 Å². The number of para-hydroxylation sites is 2. The van der Waals surface area contributed by atoms with E-state index in [0.717, 1.165) is 41.8 Å². The number of nitrogens with zero attached hydrogens (tertiary/aromatic N) is 3. The molecule has 0 bridgehead atoms. The van der Waals surface area contributed by atoms with Crippen molar-refractivity contribution in [2.75, 3.05) is 18.0 Å². The molecule has 1 aliphatic heterocycles. The summed E-state index contributed by atoms with van der Waals surface area (Å²) >= 11 is 0. The molecule has 1 aromatic heterocycles. The standard InChI is InChI=1S/C21H21FN4O/c22-17-9-7-15(8-10-17)12-24-21(27)16-4-3-11-26(14-16)20-13-23-18-5-1-2-6-19(18)25-20/h1-2,5-10,13,16H,3-4,11-12,14H2,(H,24,27)/t16-/m1/s1. The molecule has 0 unspecified atom stereocenters. The van der Waals surface area contributed by atoms with Gasteiger partial charge in [-0.2, -0.15) is 0 Å². The van der Waals surface area contributed by atoms with Crippen molar-refractivity contribution in [2.45, 2.75) is 19.4 Å². The van der Waals surface area contributed by atoms with E-state index in [4.69, 9.17) is 4.98 Å². The summed E-state index contributed by atoms with van der Waals surface area (Å²) in [5.74, 6) is 0.472. The van der Waals surface area contributed by atoms with Gasteiger partial charge in [-0.3, -0.25) is 9.78 Å². The Hall–Kier alpha value is -3.02. The minimum Gasteiger partial charge on any atom is -0.355 e. The SMILES string of the molecule is O=C(NCc1ccc(F)cc1)[C@@H]1CCCN(c2cnc3ccccc3n2)C1. The van der Waals surface area contributed by atoms with Crippen LogP contribution in [0.2, 0.25) is 0 Å². The van der Waals surface area contributed by atoms with Crippen LogP contribution in [-0.2, 0) is 11.3 Å². The second-order valence-corrected chi connectivity index (χ2v) is 6.85. The topological polar surface area (TPSA) is 58.1 Å². The first-order chi connectivity index (χ1) is 13.2. The number of piperidine rings is 1. The maximum Gasteiger partial charge on any atom is 0.225 e. The molecule has 3 aromatic rings. The van der Waals surface area contributed by atoms with Gasteiger partial charge in [-0.25, -0.2) is 9.37 Å². The van der Waals surface area contributed by atoms with Crippen LogP contribution in [0, 0.1) is 11.7 Å². The fourth-order valence-electron chi connectivity index (χ4n) is 3.43. The Morgan fingerprint density at radius 1 is 1.15 bits per heavy atom. The van der Waals surface area contributed by atoms with E-state index in [9.17, 15) is 9.18 Å². The summed E-state index contributed by atoms with van der Waals surface area (Å²) in [4.78, 5) is 23.9. The molecule has 1 N–H and O–H groups in total. The van der Waals surface area contributed by atoms with Crippen molar-refractivity contribution in [1.29, 1.82) is 0 Å². The zero-order valence-corrected chi connectivity index (χ0v) is 14.9. The third-order valence-electron chi connectivity index (χ3n) is 4.93. The van der Waals surface area contributed by atoms with Gasteiger partial charge < -0.3 is 10.2 Å². The summed E-state index contributed by atoms with van der Waals surface area (Å²) in [7, 11) is 0. The van der Waals surface area contributed by atoms with Gasteiger partial charge in [-0.15, -0.1) is 0 Å². The number of amides is 1. The van der Waals surface area contributed by atoms with Crippen molar-refractivity contribution < 1.29 is 9.18 Å². The van der Waals surface area contributed by atoms with Gasteiger partial charge in [0.1, 0.15) is 11.6 Å². The van der Waals surface area contributed by atoms with Gasteiger partial charge in [0.2, 0.25) is 5.91 Å². The van der Waals surface area contributed by atoms with Gasteiger partial charge in [0.05, 0.1) is 23.1 Å². The first kappa shape index (κ1) is 17.4. The highest BCUT2D eigenvalue weighted by Gasteiger charge is 2.26. The van der Waals surface area contributed by atoms with Crippen molar-refractivity contribution in [2.24, 2.45) is 5.92 Å². The minimum absolute atomic E-state index is 0.0257. The number of hydrogen-bond acceptors (Lipinski definition) is 4. The van der Waals surface area contributed by atoms with Crippen molar-refractivity contribution in [3.8, 4) is 0 Å². The fraction of sp³-hybridized carbons (Fsp3) is 0.286. The first-order valence-electron chi connectivity index (χ1n) is 9.18. The largest absolute Gasteiger partial charge is 0.355 e. The van der Waals surface area contributed by atoms with Crippen molar-refractivity contribution in [3.63, 3.8) is 0 Å². The molecule has 0 spiro atoms. The molecular formula is C21H21FN4O. The molecule has 1 atom stereocenters. The molecule has 5 nitrogen and oxygen atoms in total. The number of benzene rings is 2. The van der Waals surface area contributed by atoms with Crippen LogP contribution in [0.15, 0.2) is 54.7 Å². The summed E-state index contributed by atoms with van der Waals surface area (Å²) in [5, 5.41) is 2.97. The second kappa shape index (κ2) is 7.70. The highest BCUT2D eigenvalue weighted by Crippen LogP contribution is 2.23. The summed E-state index contributed by atoms with van der Waals surface area (Å²) in [6, 6.07) is 14.0. The Morgan fingerprint density at radius 2 is 1.93 bits per heavy atom. The third kappa shape index (κ3) is 4.05. The second-order valence-electron chi connectivity index (χ2n) is 6.85. The van der Waals surface area contributed by atoms with Gasteiger partial charge in [-0.1, -0.05) is 24.3 Å². The number of aromatic nitrogens is 2. The molecule has 2 heterocycles. The van der Waals surface area contributed by atoms with Gasteiger partial charge >= 0.3 is 0 Å². The van der Waals surface area contributed by atoms with E-state index in [1.54, 1.807) is 18.3 Å². The van der Waals surface area contributed by atoms with E-state index in [0.29, 0.717) is 13.1 Å². The highest BCUT2D eigenvalue weighted by atomic mass is 19.1. The number of halogens is 1. The van der Waals surface area contributed by atoms with Gasteiger partial charge in [-0.05, 0) is 42.7 Å². The zero-order valence-electron chi connectivity index (χ0n) is 14.9. The Labute approximate surface area is 157 Å². The maximum absolute atomic E-state index is 13.0. The van der Waals surface area contributed by atoms with Crippen LogP contribution in [0.1, 0.15) is 18.4 Å². The molecule has 2 aromatic carbocycles. The lowest BCUT2D eigenvalue weighted by Crippen LogP contribution is -2.43. The number of anilines is 1. The smallest absolute Gasteiger partial charge is 0.225 e. The first-order valence-corrected chi connectivity index (χ1v) is 9.18. The number of nitrogens with one attached hydrogen (secondary N) is 1. The molecule has 6 heteroatoms. The zero-order chi connectivity index (χ0) is 18.6. The summed E-state index contributed by atoms with van der Waals surface area (Å²) in [6.45, 7) is 1.91. The molecule has 4 rings (SSSR count). The molecule has 27 heavy (non-hydrogen) atoms. The molecule has 0 aliphatic carbocycles. The Bertz CT molecular complexity index is 944. The lowest BCUT2D eigenvalue weighted by atomic mass is 9.97. The molecular weight excluding hydrogens is 343 g/mol. The van der Waals surface area contributed by atoms with Gasteiger partial charge in [0.15, 0.2) is 0 Å². The van der Waals surface area contributed by atoms with Crippen LogP contribution in [0.5, 0.6) is 0 Å². The van der Waals surface area contributed by atoms with Crippen molar-refractivity contribution in [3.05, 3.63) is 66.1 Å². The maximum atomic E-state index is 13.0. The van der Waals surface area contributed by atoms with Crippen LogP contribution < -0.4 is 10.2 Å². The Kier molecular flexibility index (Phi) is 4.96. The third-order valence-corrected chi connectivity index (χ3v) is 4.93. The number of rotatable bonds is 4. The van der Waals surface area contributed by atoms with E-state index in [1.807, 2.05) is 24.3 Å². The lowest BCUT2D eigenvalue weighted by molar-refractivity contribution is -0.125. The number of hydrogen-bond donors (Lipinski definition) is 1. The van der Waals surface area contributed by atoms with Crippen LogP contribution in [0.25, 0.3) is 11.0 Å². The normalized spacial score (nSPS) is 17.1. The van der Waals surface area contributed by atoms with E-state index in [2.05, 4.69) is 15.2 Å². The molecule has 1 saturated heterocycles. The van der Waals surface area contributed by atoms with Gasteiger partial charge in [0, 0.05) is 19.6 Å². The summed E-state index contributed by atoms with van der Waals surface area (Å²) in [5.41, 5.74) is 2.61. The minimum atomic E-state index is -0.274. The van der Waals surface area contributed by atoms with E-state index >= 15 is 0 Å². The molecule has 138 valence electrons. The average molecular weight is 364 g/mol. The highest BCUT2D eigenvalue weighted by molar-refractivity contribution is 5.80. The predicted octanol–water partition coefficient (Wildman–Crippen LogP) is 3.30. The molecule has 1 fully saturated rings. The Morgan fingerprint density at radius 3 is 2.74 bits per heavy atom. The van der Waals surface area contributed by atoms with Crippen molar-refractivity contribution in [1.82, 2.24) is 15.3 Å². The lowest BCUT2D eigenvalue weighted by Gasteiger charge is -2.32. The number of carbonyl (C=O) groups is 1. The van der Waals surface area contributed by atoms with Crippen LogP contribution in [0.3, 0.4) is 0 Å². The van der Waals surface area contributed by atoms with Crippen LogP contribution >= 0.6 is 0 Å². The quantitative estimate of drug-likeness (QED) is 0.772. The average Bonchev–Trinajstić information content (AvgIpc) is 2.73. The van der Waals surface area contributed by atoms with Crippen LogP contribution in [-0.4, -0.2) is 29.0 Å². The van der Waals surface area contributed by atoms with Crippen LogP contribution in [0.4, 0.5) is 10.2 Å². The molecule has 1 aliphatic rings. The number of carbonyl (C=O) groups excluding carboxylic acids is 1. The van der Waals surface area contributed by atoms with E-state index in [1.165, 1.54) is 12.1 Å². The Balaban J connectivity index is 1.40. The predicted molar refractivity (Wildman–Crippen MR) is 103 cm³/mol. The summed E-state index contributed by atoms with van der Waals surface area (Å²) < 4.78 is 13.0. The van der Waals surface area contributed by atoms with Crippen molar-refractivity contribution >= 4 is 22.8 Å². The fourth-order valence-corrected chi connectivity index (χ4v) is 3.43. The molecule has 1 amide bonds. The number of fused-ring (bicyclic) bond motifs is 1. The van der Waals surface area contributed by atoms with E-state index in [-0.39, 0.29) is 17.6 Å². The molecule has 0 radical (unpaired) electrons. The van der Waals surface area contributed by atoms with Gasteiger partial charge in [0.25, 0.3) is 0 Å². The monoisotopic (exact) mass is 364 g/mol. The molecule has 0 saturated carbocycles. The summed E-state index contributed by atoms with van der Waals surface area (Å²) in [6.07, 6.45) is 3.57.